The Labute approximate surface area is 192 Å². The standard InChI is InChI=1S/C27H23N3O3/c1-20(17-21-11-5-2-6-12-21)18-24(29-26(32)23-15-9-4-10-16-23)27(33)30-28-19-25(31)22-13-7-3-8-14-22/h2-19H,1H3,(H,29,32)(H,30,33)/b20-17+,24-18-,28-19-. The summed E-state index contributed by atoms with van der Waals surface area (Å²) in [6, 6.07) is 26.7. The highest BCUT2D eigenvalue weighted by Crippen LogP contribution is 2.10. The fourth-order valence-corrected chi connectivity index (χ4v) is 2.91. The monoisotopic (exact) mass is 437 g/mol. The van der Waals surface area contributed by atoms with Gasteiger partial charge in [0.05, 0.1) is 6.21 Å². The van der Waals surface area contributed by atoms with Crippen LogP contribution in [0.2, 0.25) is 0 Å². The van der Waals surface area contributed by atoms with E-state index in [9.17, 15) is 14.4 Å². The van der Waals surface area contributed by atoms with Gasteiger partial charge in [0.15, 0.2) is 0 Å². The number of benzene rings is 3. The second-order valence-electron chi connectivity index (χ2n) is 7.11. The molecular formula is C27H23N3O3. The van der Waals surface area contributed by atoms with Crippen molar-refractivity contribution < 1.29 is 14.4 Å². The number of amides is 2. The predicted molar refractivity (Wildman–Crippen MR) is 129 cm³/mol. The molecule has 0 aliphatic rings. The number of ketones is 1. The summed E-state index contributed by atoms with van der Waals surface area (Å²) >= 11 is 0. The van der Waals surface area contributed by atoms with E-state index in [0.717, 1.165) is 17.4 Å². The molecule has 0 saturated carbocycles. The van der Waals surface area contributed by atoms with Crippen LogP contribution in [0.3, 0.4) is 0 Å². The third kappa shape index (κ3) is 7.25. The Morgan fingerprint density at radius 2 is 1.30 bits per heavy atom. The molecule has 0 aliphatic heterocycles. The third-order valence-corrected chi connectivity index (χ3v) is 4.50. The summed E-state index contributed by atoms with van der Waals surface area (Å²) < 4.78 is 0. The minimum absolute atomic E-state index is 0.00200. The summed E-state index contributed by atoms with van der Waals surface area (Å²) in [5.74, 6) is -1.44. The number of hydrazone groups is 1. The number of allylic oxidation sites excluding steroid dienone is 2. The Hall–Kier alpha value is -4.58. The first-order valence-corrected chi connectivity index (χ1v) is 10.3. The average Bonchev–Trinajstić information content (AvgIpc) is 2.85. The summed E-state index contributed by atoms with van der Waals surface area (Å²) in [4.78, 5) is 37.5. The lowest BCUT2D eigenvalue weighted by molar-refractivity contribution is -0.117. The van der Waals surface area contributed by atoms with Gasteiger partial charge in [-0.15, -0.1) is 0 Å². The second kappa shape index (κ2) is 11.7. The van der Waals surface area contributed by atoms with Gasteiger partial charge < -0.3 is 5.32 Å². The lowest BCUT2D eigenvalue weighted by Gasteiger charge is -2.09. The highest BCUT2D eigenvalue weighted by molar-refractivity contribution is 6.35. The van der Waals surface area contributed by atoms with E-state index in [1.807, 2.05) is 43.3 Å². The van der Waals surface area contributed by atoms with Crippen LogP contribution in [0.15, 0.2) is 113 Å². The molecule has 0 atom stereocenters. The molecule has 3 aromatic rings. The van der Waals surface area contributed by atoms with Gasteiger partial charge in [-0.2, -0.15) is 5.10 Å². The molecule has 3 rings (SSSR count). The zero-order chi connectivity index (χ0) is 23.5. The van der Waals surface area contributed by atoms with Crippen molar-refractivity contribution >= 4 is 29.9 Å². The van der Waals surface area contributed by atoms with Crippen LogP contribution < -0.4 is 10.7 Å². The van der Waals surface area contributed by atoms with Gasteiger partial charge in [-0.05, 0) is 36.3 Å². The van der Waals surface area contributed by atoms with Crippen molar-refractivity contribution in [3.05, 3.63) is 125 Å². The number of carbonyl (C=O) groups is 3. The van der Waals surface area contributed by atoms with E-state index in [0.29, 0.717) is 11.1 Å². The van der Waals surface area contributed by atoms with Crippen molar-refractivity contribution in [1.82, 2.24) is 10.7 Å². The largest absolute Gasteiger partial charge is 0.317 e. The Morgan fingerprint density at radius 3 is 1.91 bits per heavy atom. The normalized spacial score (nSPS) is 11.8. The van der Waals surface area contributed by atoms with Gasteiger partial charge in [-0.3, -0.25) is 14.4 Å². The average molecular weight is 437 g/mol. The molecule has 0 heterocycles. The minimum atomic E-state index is -0.655. The molecule has 2 amide bonds. The molecule has 0 aliphatic carbocycles. The third-order valence-electron chi connectivity index (χ3n) is 4.50. The van der Waals surface area contributed by atoms with Crippen LogP contribution >= 0.6 is 0 Å². The Morgan fingerprint density at radius 1 is 0.758 bits per heavy atom. The van der Waals surface area contributed by atoms with Crippen molar-refractivity contribution in [2.24, 2.45) is 5.10 Å². The Kier molecular flexibility index (Phi) is 8.20. The number of hydrogen-bond acceptors (Lipinski definition) is 4. The van der Waals surface area contributed by atoms with Crippen molar-refractivity contribution in [3.63, 3.8) is 0 Å². The molecule has 0 unspecified atom stereocenters. The topological polar surface area (TPSA) is 87.6 Å². The van der Waals surface area contributed by atoms with E-state index in [-0.39, 0.29) is 11.5 Å². The van der Waals surface area contributed by atoms with E-state index in [2.05, 4.69) is 15.8 Å². The zero-order valence-corrected chi connectivity index (χ0v) is 18.1. The first kappa shape index (κ1) is 23.1. The summed E-state index contributed by atoms with van der Waals surface area (Å²) in [7, 11) is 0. The maximum atomic E-state index is 12.8. The van der Waals surface area contributed by atoms with Gasteiger partial charge in [0, 0.05) is 11.1 Å². The fourth-order valence-electron chi connectivity index (χ4n) is 2.91. The predicted octanol–water partition coefficient (Wildman–Crippen LogP) is 4.39. The SMILES string of the molecule is CC(/C=C(\NC(=O)c1ccccc1)C(=O)N/N=C\C(=O)c1ccccc1)=C\c1ccccc1. The molecule has 0 radical (unpaired) electrons. The number of hydrogen-bond donors (Lipinski definition) is 2. The van der Waals surface area contributed by atoms with Gasteiger partial charge in [0.2, 0.25) is 5.78 Å². The molecule has 33 heavy (non-hydrogen) atoms. The number of Topliss-reactive ketones (excluding diaryl/α,β-unsaturated/α-hetero) is 1. The maximum Gasteiger partial charge on any atom is 0.287 e. The van der Waals surface area contributed by atoms with Gasteiger partial charge >= 0.3 is 0 Å². The molecule has 0 bridgehead atoms. The maximum absolute atomic E-state index is 12.8. The molecular weight excluding hydrogens is 414 g/mol. The van der Waals surface area contributed by atoms with Gasteiger partial charge in [0.1, 0.15) is 5.70 Å². The molecule has 0 spiro atoms. The molecule has 6 nitrogen and oxygen atoms in total. The molecule has 2 N–H and O–H groups in total. The summed E-state index contributed by atoms with van der Waals surface area (Å²) in [6.45, 7) is 1.82. The van der Waals surface area contributed by atoms with E-state index >= 15 is 0 Å². The highest BCUT2D eigenvalue weighted by atomic mass is 16.2. The number of carbonyl (C=O) groups excluding carboxylic acids is 3. The summed E-state index contributed by atoms with van der Waals surface area (Å²) in [5.41, 5.74) is 4.85. The van der Waals surface area contributed by atoms with E-state index in [1.54, 1.807) is 66.7 Å². The molecule has 0 aromatic heterocycles. The van der Waals surface area contributed by atoms with Crippen molar-refractivity contribution in [3.8, 4) is 0 Å². The Balaban J connectivity index is 1.78. The molecule has 6 heteroatoms. The van der Waals surface area contributed by atoms with Crippen LogP contribution in [0.25, 0.3) is 6.08 Å². The van der Waals surface area contributed by atoms with Gasteiger partial charge in [-0.25, -0.2) is 5.43 Å². The quantitative estimate of drug-likeness (QED) is 0.180. The second-order valence-corrected chi connectivity index (χ2v) is 7.11. The van der Waals surface area contributed by atoms with E-state index < -0.39 is 11.8 Å². The lowest BCUT2D eigenvalue weighted by atomic mass is 10.1. The van der Waals surface area contributed by atoms with E-state index in [1.165, 1.54) is 0 Å². The number of rotatable bonds is 8. The van der Waals surface area contributed by atoms with Crippen LogP contribution in [0, 0.1) is 0 Å². The highest BCUT2D eigenvalue weighted by Gasteiger charge is 2.14. The van der Waals surface area contributed by atoms with E-state index in [4.69, 9.17) is 0 Å². The van der Waals surface area contributed by atoms with Crippen LogP contribution in [-0.4, -0.2) is 23.8 Å². The van der Waals surface area contributed by atoms with Crippen LogP contribution in [0.5, 0.6) is 0 Å². The van der Waals surface area contributed by atoms with Crippen LogP contribution in [-0.2, 0) is 4.79 Å². The number of nitrogens with one attached hydrogen (secondary N) is 2. The van der Waals surface area contributed by atoms with Crippen LogP contribution in [0.4, 0.5) is 0 Å². The summed E-state index contributed by atoms with van der Waals surface area (Å²) in [5, 5.41) is 6.38. The first-order valence-electron chi connectivity index (χ1n) is 10.3. The molecule has 0 saturated heterocycles. The first-order chi connectivity index (χ1) is 16.0. The van der Waals surface area contributed by atoms with Crippen molar-refractivity contribution in [2.75, 3.05) is 0 Å². The van der Waals surface area contributed by atoms with Crippen molar-refractivity contribution in [1.29, 1.82) is 0 Å². The summed E-state index contributed by atoms with van der Waals surface area (Å²) in [6.07, 6.45) is 4.46. The lowest BCUT2D eigenvalue weighted by Crippen LogP contribution is -2.33. The van der Waals surface area contributed by atoms with Gasteiger partial charge in [0.25, 0.3) is 11.8 Å². The Bertz CT molecular complexity index is 1200. The van der Waals surface area contributed by atoms with Crippen molar-refractivity contribution in [2.45, 2.75) is 6.92 Å². The fraction of sp³-hybridized carbons (Fsp3) is 0.0370. The smallest absolute Gasteiger partial charge is 0.287 e. The molecule has 3 aromatic carbocycles. The van der Waals surface area contributed by atoms with Gasteiger partial charge in [-0.1, -0.05) is 84.9 Å². The molecule has 0 fully saturated rings. The number of nitrogens with zero attached hydrogens (tertiary/aromatic N) is 1. The zero-order valence-electron chi connectivity index (χ0n) is 18.1. The van der Waals surface area contributed by atoms with Crippen LogP contribution in [0.1, 0.15) is 33.2 Å². The molecule has 164 valence electrons. The minimum Gasteiger partial charge on any atom is -0.317 e.